The van der Waals surface area contributed by atoms with Crippen molar-refractivity contribution in [2.45, 2.75) is 297 Å². The molecule has 0 spiro atoms. The number of carbonyl (C=O) groups is 3. The van der Waals surface area contributed by atoms with E-state index in [2.05, 4.69) is 57.2 Å². The molecule has 0 rings (SSSR count). The second kappa shape index (κ2) is 52.3. The van der Waals surface area contributed by atoms with Crippen LogP contribution in [0.25, 0.3) is 0 Å². The lowest BCUT2D eigenvalue weighted by Crippen LogP contribution is -2.30. The normalized spacial score (nSPS) is 11.8. The summed E-state index contributed by atoms with van der Waals surface area (Å²) in [7, 11) is 0. The van der Waals surface area contributed by atoms with Crippen molar-refractivity contribution < 1.29 is 28.6 Å². The van der Waals surface area contributed by atoms with Gasteiger partial charge in [0.05, 0.1) is 0 Å². The average molecular weight is 891 g/mol. The Bertz CT molecular complexity index is 1010. The van der Waals surface area contributed by atoms with Crippen LogP contribution in [0, 0.1) is 0 Å². The first kappa shape index (κ1) is 60.6. The first-order chi connectivity index (χ1) is 31.0. The van der Waals surface area contributed by atoms with Gasteiger partial charge in [-0.2, -0.15) is 0 Å². The Morgan fingerprint density at radius 3 is 0.794 bits per heavy atom. The fraction of sp³-hybridized carbons (Fsp3) is 0.842. The van der Waals surface area contributed by atoms with Gasteiger partial charge in [-0.05, 0) is 96.3 Å². The van der Waals surface area contributed by atoms with Crippen molar-refractivity contribution in [1.29, 1.82) is 0 Å². The molecule has 0 radical (unpaired) electrons. The molecule has 0 saturated carbocycles. The largest absolute Gasteiger partial charge is 0.462 e. The third kappa shape index (κ3) is 50.5. The maximum Gasteiger partial charge on any atom is 0.306 e. The molecule has 6 heteroatoms. The molecule has 0 aliphatic rings. The van der Waals surface area contributed by atoms with E-state index in [1.54, 1.807) is 0 Å². The molecule has 0 aliphatic heterocycles. The van der Waals surface area contributed by atoms with Crippen LogP contribution in [0.3, 0.4) is 0 Å². The summed E-state index contributed by atoms with van der Waals surface area (Å²) in [6, 6.07) is 0. The number of hydrogen-bond acceptors (Lipinski definition) is 6. The van der Waals surface area contributed by atoms with Crippen LogP contribution in [0.5, 0.6) is 0 Å². The third-order valence-corrected chi connectivity index (χ3v) is 12.1. The van der Waals surface area contributed by atoms with E-state index in [0.717, 1.165) is 77.0 Å². The van der Waals surface area contributed by atoms with E-state index in [1.807, 2.05) is 0 Å². The van der Waals surface area contributed by atoms with E-state index in [9.17, 15) is 14.4 Å². The van der Waals surface area contributed by atoms with Gasteiger partial charge in [-0.15, -0.1) is 0 Å². The standard InChI is InChI=1S/C57H104O6/c1-4-7-10-13-16-19-22-25-28-31-34-37-40-43-46-49-55(58)61-52-54(63-57(60)51-48-45-42-39-36-33-30-27-24-21-18-15-12-9-6-3)53-62-56(59)50-47-44-41-38-35-32-29-26-23-20-17-14-11-8-5-2/h25-30,54H,4-24,31-53H2,1-3H3/b28-25-,29-26-,30-27-/i55+2,56+2,57+2. The van der Waals surface area contributed by atoms with Gasteiger partial charge in [-0.25, -0.2) is 0 Å². The predicted molar refractivity (Wildman–Crippen MR) is 270 cm³/mol. The van der Waals surface area contributed by atoms with Crippen LogP contribution in [0.2, 0.25) is 0 Å². The molecule has 0 bridgehead atoms. The lowest BCUT2D eigenvalue weighted by atomic mass is 10.1. The highest BCUT2D eigenvalue weighted by Gasteiger charge is 2.19. The number of esters is 3. The molecule has 6 nitrogen and oxygen atoms in total. The maximum atomic E-state index is 12.8. The van der Waals surface area contributed by atoms with Gasteiger partial charge >= 0.3 is 17.9 Å². The fourth-order valence-corrected chi connectivity index (χ4v) is 7.90. The molecule has 0 heterocycles. The number of rotatable bonds is 50. The fourth-order valence-electron chi connectivity index (χ4n) is 7.90. The van der Waals surface area contributed by atoms with Crippen LogP contribution in [-0.2, 0) is 28.6 Å². The highest BCUT2D eigenvalue weighted by atomic mass is 16.8. The van der Waals surface area contributed by atoms with Gasteiger partial charge < -0.3 is 14.2 Å². The minimum Gasteiger partial charge on any atom is -0.462 e. The van der Waals surface area contributed by atoms with Crippen LogP contribution in [-0.4, -0.2) is 37.2 Å². The Hall–Kier alpha value is -2.37. The topological polar surface area (TPSA) is 78.9 Å². The average Bonchev–Trinajstić information content (AvgIpc) is 3.28. The number of ether oxygens (including phenoxy) is 3. The summed E-state index contributed by atoms with van der Waals surface area (Å²) in [5.41, 5.74) is 0. The molecule has 0 aromatic carbocycles. The lowest BCUT2D eigenvalue weighted by molar-refractivity contribution is -0.167. The molecule has 0 saturated heterocycles. The van der Waals surface area contributed by atoms with Crippen molar-refractivity contribution in [3.63, 3.8) is 0 Å². The van der Waals surface area contributed by atoms with Crippen LogP contribution in [0.4, 0.5) is 0 Å². The van der Waals surface area contributed by atoms with Crippen LogP contribution in [0.15, 0.2) is 36.5 Å². The van der Waals surface area contributed by atoms with Gasteiger partial charge in [0.15, 0.2) is 6.10 Å². The highest BCUT2D eigenvalue weighted by molar-refractivity contribution is 5.71. The van der Waals surface area contributed by atoms with Crippen molar-refractivity contribution >= 4 is 17.9 Å². The predicted octanol–water partition coefficient (Wildman–Crippen LogP) is 18.1. The van der Waals surface area contributed by atoms with Crippen molar-refractivity contribution in [3.05, 3.63) is 36.5 Å². The van der Waals surface area contributed by atoms with E-state index in [1.165, 1.54) is 173 Å². The number of allylic oxidation sites excluding steroid dienone is 6. The second-order valence-electron chi connectivity index (χ2n) is 18.5. The van der Waals surface area contributed by atoms with Gasteiger partial charge in [-0.3, -0.25) is 14.4 Å². The van der Waals surface area contributed by atoms with Crippen molar-refractivity contribution in [2.75, 3.05) is 13.2 Å². The Morgan fingerprint density at radius 2 is 0.524 bits per heavy atom. The molecule has 0 aromatic rings. The van der Waals surface area contributed by atoms with Crippen LogP contribution < -0.4 is 0 Å². The first-order valence-corrected chi connectivity index (χ1v) is 27.5. The monoisotopic (exact) mass is 891 g/mol. The number of unbranched alkanes of at least 4 members (excludes halogenated alkanes) is 33. The molecule has 0 unspecified atom stereocenters. The molecule has 368 valence electrons. The minimum absolute atomic E-state index is 0.0806. The smallest absolute Gasteiger partial charge is 0.306 e. The Balaban J connectivity index is 4.39. The zero-order valence-electron chi connectivity index (χ0n) is 42.1. The van der Waals surface area contributed by atoms with E-state index >= 15 is 0 Å². The quantitative estimate of drug-likeness (QED) is 0.0262. The van der Waals surface area contributed by atoms with Crippen LogP contribution >= 0.6 is 0 Å². The molecule has 0 amide bonds. The summed E-state index contributed by atoms with van der Waals surface area (Å²) in [5, 5.41) is 0. The molecular weight excluding hydrogens is 787 g/mol. The van der Waals surface area contributed by atoms with E-state index in [4.69, 9.17) is 14.2 Å². The van der Waals surface area contributed by atoms with E-state index in [-0.39, 0.29) is 31.1 Å². The van der Waals surface area contributed by atoms with Crippen LogP contribution in [0.1, 0.15) is 290 Å². The van der Waals surface area contributed by atoms with Gasteiger partial charge in [0, 0.05) is 19.3 Å². The SMILES string of the molecule is CCCCCCCC/C=C\CCCCCCC[14C](=O)OCC(CO[14C](=O)CCCCCCC/C=C\CCCCCCCC)O[14C](=O)CCCCCCC/C=C\CCCCCCCC. The summed E-state index contributed by atoms with van der Waals surface area (Å²) < 4.78 is 16.8. The molecule has 0 fully saturated rings. The zero-order chi connectivity index (χ0) is 45.8. The van der Waals surface area contributed by atoms with E-state index < -0.39 is 6.10 Å². The zero-order valence-corrected chi connectivity index (χ0v) is 42.1. The number of carbonyl (C=O) groups excluding carboxylic acids is 3. The van der Waals surface area contributed by atoms with Gasteiger partial charge in [0.2, 0.25) is 0 Å². The van der Waals surface area contributed by atoms with Gasteiger partial charge in [0.1, 0.15) is 13.2 Å². The van der Waals surface area contributed by atoms with Gasteiger partial charge in [0.25, 0.3) is 0 Å². The summed E-state index contributed by atoms with van der Waals surface area (Å²) in [6.45, 7) is 6.63. The van der Waals surface area contributed by atoms with Crippen molar-refractivity contribution in [1.82, 2.24) is 0 Å². The van der Waals surface area contributed by atoms with Gasteiger partial charge in [-0.1, -0.05) is 211 Å². The highest BCUT2D eigenvalue weighted by Crippen LogP contribution is 2.15. The number of hydrogen-bond donors (Lipinski definition) is 0. The van der Waals surface area contributed by atoms with Crippen molar-refractivity contribution in [3.8, 4) is 0 Å². The summed E-state index contributed by atoms with van der Waals surface area (Å²) >= 11 is 0. The molecule has 63 heavy (non-hydrogen) atoms. The molecule has 0 atom stereocenters. The first-order valence-electron chi connectivity index (χ1n) is 27.5. The van der Waals surface area contributed by atoms with Crippen molar-refractivity contribution in [2.24, 2.45) is 0 Å². The molecule has 0 N–H and O–H groups in total. The minimum atomic E-state index is -0.781. The Kier molecular flexibility index (Phi) is 50.3. The third-order valence-electron chi connectivity index (χ3n) is 12.1. The summed E-state index contributed by atoms with van der Waals surface area (Å²) in [6.07, 6.45) is 61.2. The Labute approximate surface area is 391 Å². The second-order valence-corrected chi connectivity index (χ2v) is 18.5. The molecule has 0 aliphatic carbocycles. The lowest BCUT2D eigenvalue weighted by Gasteiger charge is -2.18. The van der Waals surface area contributed by atoms with E-state index in [0.29, 0.717) is 19.3 Å². The molecule has 0 aromatic heterocycles. The molecular formula is C57H104O6. The Morgan fingerprint density at radius 1 is 0.302 bits per heavy atom. The summed E-state index contributed by atoms with van der Waals surface area (Å²) in [5.74, 6) is -0.893. The summed E-state index contributed by atoms with van der Waals surface area (Å²) in [4.78, 5) is 38.0. The maximum absolute atomic E-state index is 12.8.